The zero-order valence-electron chi connectivity index (χ0n) is 22.3. The zero-order valence-corrected chi connectivity index (χ0v) is 23.9. The van der Waals surface area contributed by atoms with Crippen LogP contribution in [0.4, 0.5) is 11.4 Å². The van der Waals surface area contributed by atoms with Crippen LogP contribution in [0.5, 0.6) is 5.75 Å². The van der Waals surface area contributed by atoms with Crippen LogP contribution in [0.25, 0.3) is 0 Å². The molecule has 4 aliphatic rings. The van der Waals surface area contributed by atoms with Crippen LogP contribution in [0.15, 0.2) is 73.5 Å². The third-order valence-electron chi connectivity index (χ3n) is 7.51. The van der Waals surface area contributed by atoms with Gasteiger partial charge in [-0.2, -0.15) is 10.1 Å². The van der Waals surface area contributed by atoms with Crippen molar-refractivity contribution in [1.82, 2.24) is 4.90 Å². The Balaban J connectivity index is 1.38. The second kappa shape index (κ2) is 10.7. The molecule has 39 heavy (non-hydrogen) atoms. The first-order chi connectivity index (χ1) is 19.0. The van der Waals surface area contributed by atoms with Gasteiger partial charge in [0, 0.05) is 23.5 Å². The summed E-state index contributed by atoms with van der Waals surface area (Å²) in [5.74, 6) is 0.563. The fraction of sp³-hybridized carbons (Fsp3) is 0.379. The molecule has 0 aromatic heterocycles. The Morgan fingerprint density at radius 2 is 1.82 bits per heavy atom. The molecule has 2 aromatic rings. The predicted octanol–water partition coefficient (Wildman–Crippen LogP) is 5.85. The fourth-order valence-corrected chi connectivity index (χ4v) is 7.95. The maximum Gasteiger partial charge on any atom is 0.278 e. The van der Waals surface area contributed by atoms with E-state index in [-0.39, 0.29) is 17.9 Å². The summed E-state index contributed by atoms with van der Waals surface area (Å²) in [6.07, 6.45) is 5.24. The average molecular weight is 562 g/mol. The number of para-hydroxylation sites is 1. The number of hydrazone groups is 1. The van der Waals surface area contributed by atoms with Gasteiger partial charge in [-0.05, 0) is 62.7 Å². The number of carbonyl (C=O) groups is 2. The van der Waals surface area contributed by atoms with Gasteiger partial charge in [0.1, 0.15) is 15.7 Å². The molecule has 202 valence electrons. The van der Waals surface area contributed by atoms with E-state index < -0.39 is 6.04 Å². The summed E-state index contributed by atoms with van der Waals surface area (Å²) in [6, 6.07) is 14.7. The normalized spacial score (nSPS) is 24.7. The molecule has 1 saturated heterocycles. The van der Waals surface area contributed by atoms with Crippen LogP contribution in [-0.4, -0.2) is 53.3 Å². The highest BCUT2D eigenvalue weighted by Crippen LogP contribution is 2.52. The first kappa shape index (κ1) is 26.0. The van der Waals surface area contributed by atoms with E-state index in [2.05, 4.69) is 16.9 Å². The minimum Gasteiger partial charge on any atom is -0.497 e. The molecular formula is C29H31N5O3S2. The lowest BCUT2D eigenvalue weighted by Crippen LogP contribution is -2.42. The SMILES string of the molecule is CCN1/C(=C2/SC(=N[C@@H]3C(=O)N(c4ccccc4)N=C3C)N(C3CCCCC3)C2=O)Sc2ccc(OC)cc21. The van der Waals surface area contributed by atoms with Crippen molar-refractivity contribution >= 4 is 57.6 Å². The van der Waals surface area contributed by atoms with Gasteiger partial charge >= 0.3 is 0 Å². The van der Waals surface area contributed by atoms with E-state index in [0.717, 1.165) is 47.0 Å². The number of nitrogens with zero attached hydrogens (tertiary/aromatic N) is 5. The lowest BCUT2D eigenvalue weighted by molar-refractivity contribution is -0.124. The summed E-state index contributed by atoms with van der Waals surface area (Å²) in [5.41, 5.74) is 2.37. The summed E-state index contributed by atoms with van der Waals surface area (Å²) in [5, 5.41) is 7.46. The van der Waals surface area contributed by atoms with Crippen LogP contribution >= 0.6 is 23.5 Å². The number of aliphatic imine (C=N–C) groups is 1. The Hall–Kier alpha value is -3.24. The minimum absolute atomic E-state index is 0.0219. The summed E-state index contributed by atoms with van der Waals surface area (Å²) in [4.78, 5) is 38.4. The van der Waals surface area contributed by atoms with Crippen molar-refractivity contribution in [3.05, 3.63) is 58.5 Å². The number of carbonyl (C=O) groups excluding carboxylic acids is 2. The van der Waals surface area contributed by atoms with Crippen molar-refractivity contribution in [1.29, 1.82) is 0 Å². The van der Waals surface area contributed by atoms with Gasteiger partial charge in [0.15, 0.2) is 11.2 Å². The fourth-order valence-electron chi connectivity index (χ4n) is 5.51. The maximum absolute atomic E-state index is 14.1. The molecule has 3 aliphatic heterocycles. The third-order valence-corrected chi connectivity index (χ3v) is 9.88. The third kappa shape index (κ3) is 4.63. The van der Waals surface area contributed by atoms with Gasteiger partial charge < -0.3 is 9.64 Å². The standard InChI is InChI=1S/C29H31N5O3S2/c1-4-32-22-17-21(37-3)15-16-23(22)38-28(32)25-27(36)33(19-11-7-5-8-12-19)29(39-25)30-24-18(2)31-34(26(24)35)20-13-9-6-10-14-20/h6,9-10,13-17,19,24H,4-5,7-8,11-12H2,1-3H3/b28-25-,30-29?/t24-/m0/s1. The number of fused-ring (bicyclic) bond motifs is 1. The van der Waals surface area contributed by atoms with E-state index >= 15 is 0 Å². The van der Waals surface area contributed by atoms with Crippen molar-refractivity contribution in [2.75, 3.05) is 23.6 Å². The largest absolute Gasteiger partial charge is 0.497 e. The van der Waals surface area contributed by atoms with Gasteiger partial charge in [0.2, 0.25) is 0 Å². The van der Waals surface area contributed by atoms with Crippen LogP contribution in [0, 0.1) is 0 Å². The molecular weight excluding hydrogens is 530 g/mol. The molecule has 2 fully saturated rings. The topological polar surface area (TPSA) is 77.8 Å². The predicted molar refractivity (Wildman–Crippen MR) is 158 cm³/mol. The molecule has 6 rings (SSSR count). The van der Waals surface area contributed by atoms with Crippen LogP contribution in [0.1, 0.15) is 46.0 Å². The molecule has 0 spiro atoms. The van der Waals surface area contributed by atoms with Crippen molar-refractivity contribution in [2.24, 2.45) is 10.1 Å². The van der Waals surface area contributed by atoms with Crippen LogP contribution in [-0.2, 0) is 9.59 Å². The van der Waals surface area contributed by atoms with Crippen LogP contribution < -0.4 is 14.6 Å². The Morgan fingerprint density at radius 3 is 2.54 bits per heavy atom. The average Bonchev–Trinajstić information content (AvgIpc) is 3.59. The molecule has 1 saturated carbocycles. The smallest absolute Gasteiger partial charge is 0.278 e. The highest BCUT2D eigenvalue weighted by Gasteiger charge is 2.44. The molecule has 3 heterocycles. The first-order valence-corrected chi connectivity index (χ1v) is 15.0. The number of rotatable bonds is 5. The summed E-state index contributed by atoms with van der Waals surface area (Å²) < 4.78 is 5.46. The number of ether oxygens (including phenoxy) is 1. The first-order valence-electron chi connectivity index (χ1n) is 13.4. The number of benzene rings is 2. The number of thioether (sulfide) groups is 2. The van der Waals surface area contributed by atoms with E-state index in [1.165, 1.54) is 23.2 Å². The molecule has 0 radical (unpaired) electrons. The van der Waals surface area contributed by atoms with Crippen LogP contribution in [0.3, 0.4) is 0 Å². The van der Waals surface area contributed by atoms with Gasteiger partial charge in [0.25, 0.3) is 11.8 Å². The van der Waals surface area contributed by atoms with E-state index in [1.807, 2.05) is 60.4 Å². The quantitative estimate of drug-likeness (QED) is 0.426. The Bertz CT molecular complexity index is 1400. The van der Waals surface area contributed by atoms with E-state index in [4.69, 9.17) is 9.73 Å². The van der Waals surface area contributed by atoms with Crippen molar-refractivity contribution in [2.45, 2.75) is 62.9 Å². The van der Waals surface area contributed by atoms with E-state index in [1.54, 1.807) is 18.9 Å². The molecule has 0 bridgehead atoms. The molecule has 0 unspecified atom stereocenters. The summed E-state index contributed by atoms with van der Waals surface area (Å²) >= 11 is 3.00. The molecule has 10 heteroatoms. The molecule has 8 nitrogen and oxygen atoms in total. The number of amides is 2. The Labute approximate surface area is 237 Å². The van der Waals surface area contributed by atoms with E-state index in [9.17, 15) is 9.59 Å². The van der Waals surface area contributed by atoms with E-state index in [0.29, 0.717) is 28.0 Å². The maximum atomic E-state index is 14.1. The number of methoxy groups -OCH3 is 1. The van der Waals surface area contributed by atoms with Gasteiger partial charge in [0.05, 0.1) is 24.2 Å². The minimum atomic E-state index is -0.754. The molecule has 2 aromatic carbocycles. The lowest BCUT2D eigenvalue weighted by Gasteiger charge is -2.30. The Kier molecular flexibility index (Phi) is 7.16. The second-order valence-corrected chi connectivity index (χ2v) is 11.9. The van der Waals surface area contributed by atoms with Gasteiger partial charge in [-0.25, -0.2) is 4.99 Å². The second-order valence-electron chi connectivity index (χ2n) is 9.92. The molecule has 1 atom stereocenters. The van der Waals surface area contributed by atoms with Crippen molar-refractivity contribution < 1.29 is 14.3 Å². The monoisotopic (exact) mass is 561 g/mol. The van der Waals surface area contributed by atoms with Gasteiger partial charge in [-0.1, -0.05) is 49.2 Å². The summed E-state index contributed by atoms with van der Waals surface area (Å²) in [7, 11) is 1.66. The number of anilines is 2. The molecule has 0 N–H and O–H groups in total. The van der Waals surface area contributed by atoms with Crippen LogP contribution in [0.2, 0.25) is 0 Å². The molecule has 2 amide bonds. The zero-order chi connectivity index (χ0) is 27.1. The number of amidine groups is 1. The van der Waals surface area contributed by atoms with Crippen molar-refractivity contribution in [3.8, 4) is 5.75 Å². The Morgan fingerprint density at radius 1 is 1.05 bits per heavy atom. The van der Waals surface area contributed by atoms with Gasteiger partial charge in [-0.3, -0.25) is 14.5 Å². The number of hydrogen-bond acceptors (Lipinski definition) is 8. The highest BCUT2D eigenvalue weighted by molar-refractivity contribution is 8.19. The summed E-state index contributed by atoms with van der Waals surface area (Å²) in [6.45, 7) is 4.63. The molecule has 1 aliphatic carbocycles. The number of hydrogen-bond donors (Lipinski definition) is 0. The van der Waals surface area contributed by atoms with Gasteiger partial charge in [-0.15, -0.1) is 0 Å². The highest BCUT2D eigenvalue weighted by atomic mass is 32.2. The lowest BCUT2D eigenvalue weighted by atomic mass is 9.94. The van der Waals surface area contributed by atoms with Crippen molar-refractivity contribution in [3.63, 3.8) is 0 Å².